The van der Waals surface area contributed by atoms with E-state index in [0.29, 0.717) is 21.8 Å². The Bertz CT molecular complexity index is 1070. The lowest BCUT2D eigenvalue weighted by molar-refractivity contribution is -0.163. The van der Waals surface area contributed by atoms with Crippen LogP contribution in [0.3, 0.4) is 0 Å². The minimum atomic E-state index is -2.03. The van der Waals surface area contributed by atoms with Gasteiger partial charge >= 0.3 is 23.0 Å². The highest BCUT2D eigenvalue weighted by molar-refractivity contribution is 5.75. The molecule has 0 aliphatic heterocycles. The lowest BCUT2D eigenvalue weighted by atomic mass is 9.79. The van der Waals surface area contributed by atoms with Gasteiger partial charge in [0.25, 0.3) is 0 Å². The van der Waals surface area contributed by atoms with Gasteiger partial charge in [0, 0.05) is 6.42 Å². The van der Waals surface area contributed by atoms with Crippen LogP contribution in [0.4, 0.5) is 0 Å². The summed E-state index contributed by atoms with van der Waals surface area (Å²) in [7, 11) is 0. The molecule has 0 bridgehead atoms. The van der Waals surface area contributed by atoms with Crippen molar-refractivity contribution in [2.45, 2.75) is 90.5 Å². The summed E-state index contributed by atoms with van der Waals surface area (Å²) in [5, 5.41) is 40.0. The Kier molecular flexibility index (Phi) is 12.1. The highest BCUT2D eigenvalue weighted by atomic mass is 16.6. The first-order valence-electron chi connectivity index (χ1n) is 11.7. The first kappa shape index (κ1) is 31.2. The molecule has 1 rings (SSSR count). The molecular weight excluding hydrogens is 478 g/mol. The molecule has 4 N–H and O–H groups in total. The minimum Gasteiger partial charge on any atom is -0.461 e. The Hall–Kier alpha value is -2.87. The summed E-state index contributed by atoms with van der Waals surface area (Å²) in [5.41, 5.74) is -3.26. The molecule has 0 amide bonds. The quantitative estimate of drug-likeness (QED) is 0.110. The van der Waals surface area contributed by atoms with Crippen molar-refractivity contribution in [1.82, 2.24) is 13.7 Å². The van der Waals surface area contributed by atoms with Crippen LogP contribution in [-0.4, -0.2) is 77.4 Å². The van der Waals surface area contributed by atoms with E-state index >= 15 is 0 Å². The van der Waals surface area contributed by atoms with Crippen LogP contribution in [0.25, 0.3) is 0 Å². The van der Waals surface area contributed by atoms with Crippen molar-refractivity contribution < 1.29 is 34.8 Å². The first-order chi connectivity index (χ1) is 16.8. The molecule has 1 heterocycles. The third kappa shape index (κ3) is 8.08. The molecule has 1 aromatic rings. The second kappa shape index (κ2) is 14.0. The number of carbonyl (C=O) groups is 2. The normalized spacial score (nSPS) is 15.1. The van der Waals surface area contributed by atoms with Crippen LogP contribution in [0.2, 0.25) is 0 Å². The Morgan fingerprint density at radius 3 is 1.94 bits per heavy atom. The molecule has 36 heavy (non-hydrogen) atoms. The van der Waals surface area contributed by atoms with E-state index in [0.717, 1.165) is 17.4 Å². The number of aldehydes is 1. The van der Waals surface area contributed by atoms with Crippen molar-refractivity contribution in [3.8, 4) is 0 Å². The standard InChI is InChI=1S/C23H37N3O10/c1-5-9-24-20(33)25(12-15(28)11-23(4,6-2)7-3)22(35)26(21(24)34)13-16(29)14-36-19(32)18(31)17(30)8-10-27/h5,10,15-18,28-31H,1,6-9,11-14H2,2-4H3. The molecule has 0 spiro atoms. The maximum Gasteiger partial charge on any atom is 0.337 e. The molecular formula is C23H37N3O10. The Morgan fingerprint density at radius 1 is 0.972 bits per heavy atom. The van der Waals surface area contributed by atoms with Crippen LogP contribution >= 0.6 is 0 Å². The maximum absolute atomic E-state index is 13.0. The SMILES string of the molecule is C=CCn1c(=O)n(CC(O)COC(=O)C(O)C(O)CC=O)c(=O)n(CC(O)CC(C)(CC)CC)c1=O. The smallest absolute Gasteiger partial charge is 0.337 e. The number of ether oxygens (including phenoxy) is 1. The molecule has 0 fully saturated rings. The number of aliphatic hydroxyl groups excluding tert-OH is 4. The van der Waals surface area contributed by atoms with Crippen LogP contribution in [0, 0.1) is 5.41 Å². The van der Waals surface area contributed by atoms with Crippen molar-refractivity contribution in [2.75, 3.05) is 6.61 Å². The van der Waals surface area contributed by atoms with E-state index in [2.05, 4.69) is 6.58 Å². The lowest BCUT2D eigenvalue weighted by Crippen LogP contribution is -2.56. The maximum atomic E-state index is 13.0. The molecule has 0 saturated heterocycles. The molecule has 0 aliphatic rings. The van der Waals surface area contributed by atoms with E-state index in [1.165, 1.54) is 6.08 Å². The molecule has 204 valence electrons. The largest absolute Gasteiger partial charge is 0.461 e. The number of carbonyl (C=O) groups excluding carboxylic acids is 2. The van der Waals surface area contributed by atoms with Crippen molar-refractivity contribution in [1.29, 1.82) is 0 Å². The summed E-state index contributed by atoms with van der Waals surface area (Å²) in [6.45, 7) is 7.35. The van der Waals surface area contributed by atoms with Gasteiger partial charge in [-0.3, -0.25) is 0 Å². The van der Waals surface area contributed by atoms with Crippen LogP contribution < -0.4 is 17.1 Å². The van der Waals surface area contributed by atoms with Crippen molar-refractivity contribution in [3.05, 3.63) is 44.1 Å². The molecule has 4 unspecified atom stereocenters. The lowest BCUT2D eigenvalue weighted by Gasteiger charge is -2.29. The molecule has 0 radical (unpaired) electrons. The number of allylic oxidation sites excluding steroid dienone is 1. The third-order valence-electron chi connectivity index (χ3n) is 6.28. The van der Waals surface area contributed by atoms with Crippen molar-refractivity contribution in [2.24, 2.45) is 5.41 Å². The number of aromatic nitrogens is 3. The molecule has 1 aromatic heterocycles. The van der Waals surface area contributed by atoms with Crippen LogP contribution in [0.15, 0.2) is 27.0 Å². The summed E-state index contributed by atoms with van der Waals surface area (Å²) in [4.78, 5) is 60.8. The van der Waals surface area contributed by atoms with E-state index in [9.17, 15) is 44.4 Å². The van der Waals surface area contributed by atoms with Crippen LogP contribution in [0.1, 0.15) is 46.5 Å². The van der Waals surface area contributed by atoms with Gasteiger partial charge in [-0.15, -0.1) is 6.58 Å². The summed E-state index contributed by atoms with van der Waals surface area (Å²) >= 11 is 0. The zero-order valence-electron chi connectivity index (χ0n) is 20.9. The average molecular weight is 516 g/mol. The van der Waals surface area contributed by atoms with E-state index in [-0.39, 0.29) is 18.5 Å². The Morgan fingerprint density at radius 2 is 1.47 bits per heavy atom. The van der Waals surface area contributed by atoms with Crippen LogP contribution in [0.5, 0.6) is 0 Å². The fourth-order valence-electron chi connectivity index (χ4n) is 3.57. The monoisotopic (exact) mass is 515 g/mol. The fraction of sp³-hybridized carbons (Fsp3) is 0.696. The van der Waals surface area contributed by atoms with Gasteiger partial charge in [0.1, 0.15) is 19.0 Å². The predicted molar refractivity (Wildman–Crippen MR) is 128 cm³/mol. The van der Waals surface area contributed by atoms with Gasteiger partial charge < -0.3 is 30.0 Å². The van der Waals surface area contributed by atoms with Gasteiger partial charge in [0.15, 0.2) is 6.10 Å². The fourth-order valence-corrected chi connectivity index (χ4v) is 3.57. The van der Waals surface area contributed by atoms with Gasteiger partial charge in [-0.25, -0.2) is 32.9 Å². The summed E-state index contributed by atoms with van der Waals surface area (Å²) in [6.07, 6.45) is -3.50. The van der Waals surface area contributed by atoms with Gasteiger partial charge in [0.2, 0.25) is 0 Å². The minimum absolute atomic E-state index is 0.221. The highest BCUT2D eigenvalue weighted by Gasteiger charge is 2.28. The van der Waals surface area contributed by atoms with Gasteiger partial charge in [-0.05, 0) is 11.8 Å². The zero-order valence-corrected chi connectivity index (χ0v) is 20.9. The number of nitrogens with zero attached hydrogens (tertiary/aromatic N) is 3. The van der Waals surface area contributed by atoms with E-state index in [1.54, 1.807) is 0 Å². The Labute approximate surface area is 207 Å². The number of hydrogen-bond donors (Lipinski definition) is 4. The summed E-state index contributed by atoms with van der Waals surface area (Å²) in [6, 6.07) is 0. The topological polar surface area (TPSA) is 190 Å². The molecule has 0 aliphatic carbocycles. The summed E-state index contributed by atoms with van der Waals surface area (Å²) in [5.74, 6) is -1.32. The van der Waals surface area contributed by atoms with E-state index < -0.39 is 67.0 Å². The number of esters is 1. The van der Waals surface area contributed by atoms with E-state index in [1.807, 2.05) is 20.8 Å². The molecule has 13 nitrogen and oxygen atoms in total. The predicted octanol–water partition coefficient (Wildman–Crippen LogP) is -1.85. The number of hydrogen-bond acceptors (Lipinski definition) is 10. The van der Waals surface area contributed by atoms with Crippen molar-refractivity contribution in [3.63, 3.8) is 0 Å². The molecule has 4 atom stereocenters. The first-order valence-corrected chi connectivity index (χ1v) is 11.7. The van der Waals surface area contributed by atoms with Gasteiger partial charge in [0.05, 0.1) is 31.8 Å². The number of aliphatic hydroxyl groups is 4. The third-order valence-corrected chi connectivity index (χ3v) is 6.28. The number of rotatable bonds is 16. The molecule has 13 heteroatoms. The van der Waals surface area contributed by atoms with E-state index in [4.69, 9.17) is 4.74 Å². The highest BCUT2D eigenvalue weighted by Crippen LogP contribution is 2.31. The van der Waals surface area contributed by atoms with Gasteiger partial charge in [-0.1, -0.05) is 39.7 Å². The Balaban J connectivity index is 3.19. The van der Waals surface area contributed by atoms with Gasteiger partial charge in [-0.2, -0.15) is 0 Å². The van der Waals surface area contributed by atoms with Crippen molar-refractivity contribution >= 4 is 12.3 Å². The average Bonchev–Trinajstić information content (AvgIpc) is 2.85. The second-order valence-corrected chi connectivity index (χ2v) is 9.04. The molecule has 0 saturated carbocycles. The van der Waals surface area contributed by atoms with Crippen LogP contribution in [-0.2, 0) is 34.0 Å². The molecule has 0 aromatic carbocycles. The zero-order chi connectivity index (χ0) is 27.6. The summed E-state index contributed by atoms with van der Waals surface area (Å²) < 4.78 is 6.70. The second-order valence-electron chi connectivity index (χ2n) is 9.04.